The van der Waals surface area contributed by atoms with Crippen molar-refractivity contribution in [3.05, 3.63) is 45.5 Å². The maximum Gasteiger partial charge on any atom is 0.328 e. The normalized spacial score (nSPS) is 10.6. The van der Waals surface area contributed by atoms with Crippen LogP contribution in [0.25, 0.3) is 6.08 Å². The molecule has 0 aliphatic carbocycles. The molecule has 0 heterocycles. The maximum atomic E-state index is 13.1. The predicted molar refractivity (Wildman–Crippen MR) is 49.7 cm³/mol. The van der Waals surface area contributed by atoms with E-state index in [1.165, 1.54) is 0 Å². The number of benzene rings is 1. The molecule has 16 heavy (non-hydrogen) atoms. The van der Waals surface area contributed by atoms with Gasteiger partial charge in [-0.05, 0) is 6.08 Å². The Morgan fingerprint density at radius 3 is 2.56 bits per heavy atom. The van der Waals surface area contributed by atoms with Gasteiger partial charge in [-0.3, -0.25) is 10.1 Å². The lowest BCUT2D eigenvalue weighted by Gasteiger charge is -1.98. The van der Waals surface area contributed by atoms with Crippen molar-refractivity contribution in [1.82, 2.24) is 0 Å². The van der Waals surface area contributed by atoms with Gasteiger partial charge in [0.2, 0.25) is 0 Å². The summed E-state index contributed by atoms with van der Waals surface area (Å²) in [6.07, 6.45) is 1.30. The van der Waals surface area contributed by atoms with E-state index in [1.54, 1.807) is 0 Å². The van der Waals surface area contributed by atoms with Crippen LogP contribution in [0.5, 0.6) is 0 Å². The summed E-state index contributed by atoms with van der Waals surface area (Å²) in [5, 5.41) is 18.6. The lowest BCUT2D eigenvalue weighted by Crippen LogP contribution is -1.95. The molecule has 0 saturated carbocycles. The lowest BCUT2D eigenvalue weighted by atomic mass is 10.1. The smallest absolute Gasteiger partial charge is 0.328 e. The van der Waals surface area contributed by atoms with E-state index in [0.717, 1.165) is 12.1 Å². The first kappa shape index (κ1) is 11.8. The van der Waals surface area contributed by atoms with Crippen molar-refractivity contribution >= 4 is 17.7 Å². The minimum absolute atomic E-state index is 0.424. The van der Waals surface area contributed by atoms with Crippen molar-refractivity contribution in [3.8, 4) is 0 Å². The summed E-state index contributed by atoms with van der Waals surface area (Å²) < 4.78 is 25.9. The first-order chi connectivity index (χ1) is 7.41. The molecule has 0 aliphatic rings. The van der Waals surface area contributed by atoms with Crippen LogP contribution in [-0.2, 0) is 4.79 Å². The monoisotopic (exact) mass is 229 g/mol. The van der Waals surface area contributed by atoms with Gasteiger partial charge in [0.1, 0.15) is 0 Å². The van der Waals surface area contributed by atoms with Gasteiger partial charge in [0.15, 0.2) is 11.6 Å². The van der Waals surface area contributed by atoms with Crippen LogP contribution in [-0.4, -0.2) is 16.0 Å². The Hall–Kier alpha value is -2.31. The topological polar surface area (TPSA) is 80.4 Å². The Balaban J connectivity index is 3.27. The standard InChI is InChI=1S/C9H5F2NO4/c10-7-4-6(12(15)16)3-5(9(7)11)1-2-8(13)14/h1-4H,(H,13,14)/b2-1+. The van der Waals surface area contributed by atoms with Crippen LogP contribution < -0.4 is 0 Å². The molecule has 5 nitrogen and oxygen atoms in total. The highest BCUT2D eigenvalue weighted by molar-refractivity contribution is 5.85. The lowest BCUT2D eigenvalue weighted by molar-refractivity contribution is -0.385. The Kier molecular flexibility index (Phi) is 3.29. The van der Waals surface area contributed by atoms with E-state index < -0.39 is 33.8 Å². The van der Waals surface area contributed by atoms with Crippen LogP contribution in [0.2, 0.25) is 0 Å². The van der Waals surface area contributed by atoms with Gasteiger partial charge in [-0.15, -0.1) is 0 Å². The average molecular weight is 229 g/mol. The minimum Gasteiger partial charge on any atom is -0.478 e. The van der Waals surface area contributed by atoms with Crippen molar-refractivity contribution < 1.29 is 23.6 Å². The average Bonchev–Trinajstić information content (AvgIpc) is 2.19. The van der Waals surface area contributed by atoms with Crippen LogP contribution in [0, 0.1) is 21.7 Å². The summed E-state index contributed by atoms with van der Waals surface area (Å²) in [4.78, 5) is 19.6. The SMILES string of the molecule is O=C(O)/C=C/c1cc([N+](=O)[O-])cc(F)c1F. The molecule has 0 unspecified atom stereocenters. The van der Waals surface area contributed by atoms with E-state index in [4.69, 9.17) is 5.11 Å². The largest absolute Gasteiger partial charge is 0.478 e. The van der Waals surface area contributed by atoms with E-state index in [9.17, 15) is 23.7 Å². The van der Waals surface area contributed by atoms with Crippen molar-refractivity contribution in [2.75, 3.05) is 0 Å². The Labute approximate surface area is 87.8 Å². The van der Waals surface area contributed by atoms with E-state index in [-0.39, 0.29) is 0 Å². The molecule has 1 aromatic rings. The van der Waals surface area contributed by atoms with Gasteiger partial charge in [0.25, 0.3) is 5.69 Å². The van der Waals surface area contributed by atoms with Crippen LogP contribution in [0.1, 0.15) is 5.56 Å². The first-order valence-electron chi connectivity index (χ1n) is 3.96. The number of carboxylic acid groups (broad SMARTS) is 1. The van der Waals surface area contributed by atoms with E-state index >= 15 is 0 Å². The van der Waals surface area contributed by atoms with Crippen molar-refractivity contribution in [2.45, 2.75) is 0 Å². The first-order valence-corrected chi connectivity index (χ1v) is 3.96. The number of carbonyl (C=O) groups is 1. The number of halogens is 2. The van der Waals surface area contributed by atoms with Crippen LogP contribution in [0.3, 0.4) is 0 Å². The van der Waals surface area contributed by atoms with Crippen LogP contribution >= 0.6 is 0 Å². The van der Waals surface area contributed by atoms with Gasteiger partial charge < -0.3 is 5.11 Å². The predicted octanol–water partition coefficient (Wildman–Crippen LogP) is 1.97. The summed E-state index contributed by atoms with van der Waals surface area (Å²) in [6.45, 7) is 0. The minimum atomic E-state index is -1.40. The molecule has 0 saturated heterocycles. The summed E-state index contributed by atoms with van der Waals surface area (Å²) in [6, 6.07) is 1.17. The zero-order chi connectivity index (χ0) is 12.3. The van der Waals surface area contributed by atoms with Gasteiger partial charge in [-0.1, -0.05) is 0 Å². The molecule has 1 rings (SSSR count). The maximum absolute atomic E-state index is 13.1. The molecule has 1 aromatic carbocycles. The molecule has 1 N–H and O–H groups in total. The number of hydrogen-bond donors (Lipinski definition) is 1. The van der Waals surface area contributed by atoms with E-state index in [2.05, 4.69) is 0 Å². The Bertz CT molecular complexity index is 485. The summed E-state index contributed by atoms with van der Waals surface area (Å²) in [5.41, 5.74) is -1.14. The van der Waals surface area contributed by atoms with Crippen LogP contribution in [0.4, 0.5) is 14.5 Å². The summed E-state index contributed by atoms with van der Waals surface area (Å²) in [7, 11) is 0. The van der Waals surface area contributed by atoms with E-state index in [0.29, 0.717) is 12.1 Å². The highest BCUT2D eigenvalue weighted by atomic mass is 19.2. The highest BCUT2D eigenvalue weighted by Gasteiger charge is 2.15. The van der Waals surface area contributed by atoms with E-state index in [1.807, 2.05) is 0 Å². The second-order valence-electron chi connectivity index (χ2n) is 2.76. The number of nitrogens with zero attached hydrogens (tertiary/aromatic N) is 1. The fraction of sp³-hybridized carbons (Fsp3) is 0. The molecular formula is C9H5F2NO4. The molecule has 0 aromatic heterocycles. The van der Waals surface area contributed by atoms with Crippen molar-refractivity contribution in [3.63, 3.8) is 0 Å². The third-order valence-electron chi connectivity index (χ3n) is 1.66. The number of rotatable bonds is 3. The third kappa shape index (κ3) is 2.59. The summed E-state index contributed by atoms with van der Waals surface area (Å²) in [5.74, 6) is -4.10. The van der Waals surface area contributed by atoms with Gasteiger partial charge in [-0.25, -0.2) is 13.6 Å². The molecule has 0 aliphatic heterocycles. The molecule has 7 heteroatoms. The number of carboxylic acids is 1. The number of nitro groups is 1. The highest BCUT2D eigenvalue weighted by Crippen LogP contribution is 2.21. The molecule has 0 bridgehead atoms. The molecular weight excluding hydrogens is 224 g/mol. The number of non-ortho nitro benzene ring substituents is 1. The second-order valence-corrected chi connectivity index (χ2v) is 2.76. The summed E-state index contributed by atoms with van der Waals surface area (Å²) >= 11 is 0. The van der Waals surface area contributed by atoms with Gasteiger partial charge in [0.05, 0.1) is 11.0 Å². The zero-order valence-electron chi connectivity index (χ0n) is 7.68. The zero-order valence-corrected chi connectivity index (χ0v) is 7.68. The molecule has 84 valence electrons. The Morgan fingerprint density at radius 2 is 2.06 bits per heavy atom. The molecule has 0 radical (unpaired) electrons. The molecule has 0 atom stereocenters. The number of nitro benzene ring substituents is 1. The quantitative estimate of drug-likeness (QED) is 0.488. The number of hydrogen-bond acceptors (Lipinski definition) is 3. The molecule has 0 amide bonds. The number of aliphatic carboxylic acids is 1. The van der Waals surface area contributed by atoms with Gasteiger partial charge in [-0.2, -0.15) is 0 Å². The van der Waals surface area contributed by atoms with Crippen molar-refractivity contribution in [1.29, 1.82) is 0 Å². The Morgan fingerprint density at radius 1 is 1.44 bits per heavy atom. The van der Waals surface area contributed by atoms with Gasteiger partial charge in [0, 0.05) is 17.7 Å². The third-order valence-corrected chi connectivity index (χ3v) is 1.66. The fourth-order valence-corrected chi connectivity index (χ4v) is 0.983. The second kappa shape index (κ2) is 4.47. The fourth-order valence-electron chi connectivity index (χ4n) is 0.983. The van der Waals surface area contributed by atoms with Crippen molar-refractivity contribution in [2.24, 2.45) is 0 Å². The molecule has 0 spiro atoms. The molecule has 0 fully saturated rings. The van der Waals surface area contributed by atoms with Gasteiger partial charge >= 0.3 is 5.97 Å². The van der Waals surface area contributed by atoms with Crippen LogP contribution in [0.15, 0.2) is 18.2 Å².